The number of carbonyl (C=O) groups is 1. The summed E-state index contributed by atoms with van der Waals surface area (Å²) in [5.74, 6) is 0.197. The molecule has 3 N–H and O–H groups in total. The topological polar surface area (TPSA) is 123 Å². The number of fused-ring (bicyclic) bond motifs is 1. The fourth-order valence-electron chi connectivity index (χ4n) is 3.46. The maximum atomic E-state index is 14.4. The molecular formula is C21H22FN9O2. The Labute approximate surface area is 187 Å². The van der Waals surface area contributed by atoms with Crippen molar-refractivity contribution in [1.82, 2.24) is 34.3 Å². The van der Waals surface area contributed by atoms with Gasteiger partial charge in [-0.15, -0.1) is 0 Å². The van der Waals surface area contributed by atoms with Gasteiger partial charge in [-0.3, -0.25) is 18.8 Å². The van der Waals surface area contributed by atoms with Crippen LogP contribution < -0.4 is 21.5 Å². The summed E-state index contributed by atoms with van der Waals surface area (Å²) < 4.78 is 18.6. The highest BCUT2D eigenvalue weighted by molar-refractivity contribution is 6.00. The maximum Gasteiger partial charge on any atom is 0.280 e. The van der Waals surface area contributed by atoms with Crippen LogP contribution in [0.25, 0.3) is 11.5 Å². The van der Waals surface area contributed by atoms with Crippen molar-refractivity contribution in [2.24, 2.45) is 7.05 Å². The van der Waals surface area contributed by atoms with E-state index in [1.807, 2.05) is 6.92 Å². The number of carbonyl (C=O) groups excluding carboxylic acids is 1. The van der Waals surface area contributed by atoms with Crippen LogP contribution in [0.3, 0.4) is 0 Å². The van der Waals surface area contributed by atoms with Gasteiger partial charge in [0.05, 0.1) is 12.4 Å². The summed E-state index contributed by atoms with van der Waals surface area (Å²) in [6.07, 6.45) is 4.44. The van der Waals surface area contributed by atoms with Crippen LogP contribution in [0.2, 0.25) is 0 Å². The molecule has 1 aliphatic carbocycles. The van der Waals surface area contributed by atoms with E-state index in [1.54, 1.807) is 30.9 Å². The minimum atomic E-state index is -0.621. The largest absolute Gasteiger partial charge is 0.373 e. The molecule has 0 unspecified atom stereocenters. The van der Waals surface area contributed by atoms with Crippen LogP contribution >= 0.6 is 0 Å². The third-order valence-corrected chi connectivity index (χ3v) is 5.48. The van der Waals surface area contributed by atoms with Gasteiger partial charge in [-0.05, 0) is 19.8 Å². The Morgan fingerprint density at radius 3 is 2.70 bits per heavy atom. The van der Waals surface area contributed by atoms with Crippen LogP contribution in [-0.2, 0) is 7.05 Å². The lowest BCUT2D eigenvalue weighted by molar-refractivity contribution is 0.0952. The third-order valence-electron chi connectivity index (χ3n) is 5.48. The molecule has 0 radical (unpaired) electrons. The molecule has 0 aromatic carbocycles. The van der Waals surface area contributed by atoms with Gasteiger partial charge in [0.25, 0.3) is 11.5 Å². The fraction of sp³-hybridized carbons (Fsp3) is 0.286. The van der Waals surface area contributed by atoms with Gasteiger partial charge in [-0.25, -0.2) is 9.37 Å². The number of aromatic nitrogens is 6. The van der Waals surface area contributed by atoms with Crippen molar-refractivity contribution in [3.05, 3.63) is 58.0 Å². The van der Waals surface area contributed by atoms with Gasteiger partial charge in [0.15, 0.2) is 11.5 Å². The van der Waals surface area contributed by atoms with Gasteiger partial charge in [-0.2, -0.15) is 14.7 Å². The van der Waals surface area contributed by atoms with Crippen molar-refractivity contribution in [3.63, 3.8) is 0 Å². The van der Waals surface area contributed by atoms with Gasteiger partial charge in [0, 0.05) is 44.0 Å². The van der Waals surface area contributed by atoms with Crippen molar-refractivity contribution >= 4 is 28.9 Å². The van der Waals surface area contributed by atoms with Gasteiger partial charge in [0.1, 0.15) is 28.7 Å². The molecule has 0 atom stereocenters. The highest BCUT2D eigenvalue weighted by atomic mass is 19.1. The Bertz CT molecular complexity index is 1430. The number of pyridine rings is 1. The second kappa shape index (κ2) is 7.73. The smallest absolute Gasteiger partial charge is 0.280 e. The van der Waals surface area contributed by atoms with Gasteiger partial charge >= 0.3 is 0 Å². The zero-order valence-corrected chi connectivity index (χ0v) is 18.3. The molecule has 1 aliphatic rings. The van der Waals surface area contributed by atoms with E-state index in [2.05, 4.69) is 31.1 Å². The molecular weight excluding hydrogens is 429 g/mol. The summed E-state index contributed by atoms with van der Waals surface area (Å²) in [5, 5.41) is 17.3. The second-order valence-electron chi connectivity index (χ2n) is 7.96. The van der Waals surface area contributed by atoms with Crippen LogP contribution in [0, 0.1) is 12.7 Å². The number of hydrogen-bond donors (Lipinski definition) is 3. The predicted octanol–water partition coefficient (Wildman–Crippen LogP) is 1.74. The minimum Gasteiger partial charge on any atom is -0.373 e. The SMILES string of the molecule is CNc1cc(Nc2cc(F)cn(-c3cc(C)n(C)n3)c2=O)nc2c(C(=O)NC3CC3)cnn12. The van der Waals surface area contributed by atoms with E-state index in [9.17, 15) is 14.0 Å². The van der Waals surface area contributed by atoms with Gasteiger partial charge in [-0.1, -0.05) is 0 Å². The van der Waals surface area contributed by atoms with Crippen molar-refractivity contribution < 1.29 is 9.18 Å². The second-order valence-corrected chi connectivity index (χ2v) is 7.96. The Morgan fingerprint density at radius 1 is 1.24 bits per heavy atom. The molecule has 4 aromatic rings. The van der Waals surface area contributed by atoms with E-state index in [0.29, 0.717) is 22.8 Å². The Kier molecular flexibility index (Phi) is 4.84. The van der Waals surface area contributed by atoms with Crippen molar-refractivity contribution in [2.75, 3.05) is 17.7 Å². The molecule has 1 fully saturated rings. The molecule has 0 bridgehead atoms. The summed E-state index contributed by atoms with van der Waals surface area (Å²) in [7, 11) is 3.44. The number of aryl methyl sites for hydroxylation is 2. The molecule has 1 amide bonds. The number of nitrogens with zero attached hydrogens (tertiary/aromatic N) is 6. The quantitative estimate of drug-likeness (QED) is 0.408. The number of amides is 1. The number of nitrogens with one attached hydrogen (secondary N) is 3. The monoisotopic (exact) mass is 451 g/mol. The van der Waals surface area contributed by atoms with E-state index in [1.165, 1.54) is 10.7 Å². The first-order valence-electron chi connectivity index (χ1n) is 10.4. The van der Waals surface area contributed by atoms with E-state index in [-0.39, 0.29) is 23.5 Å². The summed E-state index contributed by atoms with van der Waals surface area (Å²) in [6.45, 7) is 1.83. The first-order valence-corrected chi connectivity index (χ1v) is 10.4. The first-order chi connectivity index (χ1) is 15.8. The Hall–Kier alpha value is -4.22. The minimum absolute atomic E-state index is 0.0271. The zero-order chi connectivity index (χ0) is 23.3. The van der Waals surface area contributed by atoms with Crippen LogP contribution in [0.1, 0.15) is 28.9 Å². The van der Waals surface area contributed by atoms with Crippen molar-refractivity contribution in [3.8, 4) is 5.82 Å². The van der Waals surface area contributed by atoms with Gasteiger partial charge < -0.3 is 16.0 Å². The molecule has 0 saturated heterocycles. The number of hydrogen-bond acceptors (Lipinski definition) is 7. The molecule has 0 aliphatic heterocycles. The van der Waals surface area contributed by atoms with E-state index < -0.39 is 11.4 Å². The molecule has 1 saturated carbocycles. The van der Waals surface area contributed by atoms with Gasteiger partial charge in [0.2, 0.25) is 0 Å². The van der Waals surface area contributed by atoms with Crippen LogP contribution in [0.15, 0.2) is 35.4 Å². The predicted molar refractivity (Wildman–Crippen MR) is 120 cm³/mol. The molecule has 0 spiro atoms. The number of rotatable bonds is 6. The fourth-order valence-corrected chi connectivity index (χ4v) is 3.46. The Balaban J connectivity index is 1.56. The average Bonchev–Trinajstić information content (AvgIpc) is 3.38. The summed E-state index contributed by atoms with van der Waals surface area (Å²) in [4.78, 5) is 30.2. The molecule has 170 valence electrons. The molecule has 4 aromatic heterocycles. The van der Waals surface area contributed by atoms with Crippen LogP contribution in [-0.4, -0.2) is 47.9 Å². The standard InChI is InChI=1S/C21H22FN9O2/c1-11-6-18(28-29(11)3)30-10-12(22)7-15(21(30)33)26-16-8-17(23-2)31-19(27-16)14(9-24-31)20(32)25-13-4-5-13/h6-10,13,23H,4-5H2,1-3H3,(H,25,32)(H,26,27). The average molecular weight is 451 g/mol. The molecule has 4 heterocycles. The highest BCUT2D eigenvalue weighted by Crippen LogP contribution is 2.23. The zero-order valence-electron chi connectivity index (χ0n) is 18.3. The van der Waals surface area contributed by atoms with Crippen LogP contribution in [0.4, 0.5) is 21.7 Å². The van der Waals surface area contributed by atoms with E-state index in [4.69, 9.17) is 0 Å². The molecule has 12 heteroatoms. The highest BCUT2D eigenvalue weighted by Gasteiger charge is 2.26. The first kappa shape index (κ1) is 20.7. The summed E-state index contributed by atoms with van der Waals surface area (Å²) in [6, 6.07) is 4.57. The lowest BCUT2D eigenvalue weighted by atomic mass is 10.3. The number of halogens is 1. The normalized spacial score (nSPS) is 13.3. The molecule has 33 heavy (non-hydrogen) atoms. The summed E-state index contributed by atoms with van der Waals surface area (Å²) >= 11 is 0. The lowest BCUT2D eigenvalue weighted by Crippen LogP contribution is -2.25. The number of anilines is 3. The van der Waals surface area contributed by atoms with Crippen LogP contribution in [0.5, 0.6) is 0 Å². The van der Waals surface area contributed by atoms with Crippen molar-refractivity contribution in [2.45, 2.75) is 25.8 Å². The van der Waals surface area contributed by atoms with E-state index in [0.717, 1.165) is 35.4 Å². The van der Waals surface area contributed by atoms with E-state index >= 15 is 0 Å². The lowest BCUT2D eigenvalue weighted by Gasteiger charge is -2.11. The van der Waals surface area contributed by atoms with Crippen molar-refractivity contribution in [1.29, 1.82) is 0 Å². The Morgan fingerprint density at radius 2 is 2.03 bits per heavy atom. The summed E-state index contributed by atoms with van der Waals surface area (Å²) in [5.41, 5.74) is 0.907. The third kappa shape index (κ3) is 3.79. The molecule has 11 nitrogen and oxygen atoms in total. The maximum absolute atomic E-state index is 14.4. The molecule has 5 rings (SSSR count).